The molecule has 0 saturated carbocycles. The van der Waals surface area contributed by atoms with Crippen molar-refractivity contribution in [2.75, 3.05) is 13.6 Å². The van der Waals surface area contributed by atoms with E-state index in [2.05, 4.69) is 17.2 Å². The van der Waals surface area contributed by atoms with Crippen LogP contribution < -0.4 is 5.32 Å². The fourth-order valence-corrected chi connectivity index (χ4v) is 0.727. The first kappa shape index (κ1) is 10.1. The van der Waals surface area contributed by atoms with Gasteiger partial charge in [0.05, 0.1) is 0 Å². The molecule has 0 aromatic heterocycles. The van der Waals surface area contributed by atoms with E-state index in [1.807, 2.05) is 6.92 Å². The van der Waals surface area contributed by atoms with Gasteiger partial charge in [-0.05, 0) is 13.3 Å². The fraction of sp³-hybridized carbons (Fsp3) is 0.750. The standard InChI is InChI=1S/C8H16N2O/c1-4-5-7(2)10-6-8(11)9-3/h4-6H2,1-3H3,(H,9,11)/b10-7+. The van der Waals surface area contributed by atoms with Crippen LogP contribution in [-0.4, -0.2) is 25.2 Å². The number of hydrogen-bond acceptors (Lipinski definition) is 2. The molecule has 0 aliphatic carbocycles. The Kier molecular flexibility index (Phi) is 5.43. The molecule has 0 radical (unpaired) electrons. The van der Waals surface area contributed by atoms with Crippen molar-refractivity contribution in [2.45, 2.75) is 26.7 Å². The van der Waals surface area contributed by atoms with Gasteiger partial charge in [-0.15, -0.1) is 0 Å². The van der Waals surface area contributed by atoms with Crippen LogP contribution >= 0.6 is 0 Å². The Bertz CT molecular complexity index is 152. The van der Waals surface area contributed by atoms with Crippen molar-refractivity contribution in [1.29, 1.82) is 0 Å². The van der Waals surface area contributed by atoms with Gasteiger partial charge in [0.25, 0.3) is 0 Å². The number of hydrogen-bond donors (Lipinski definition) is 1. The topological polar surface area (TPSA) is 41.5 Å². The van der Waals surface area contributed by atoms with Crippen molar-refractivity contribution in [3.8, 4) is 0 Å². The van der Waals surface area contributed by atoms with Crippen molar-refractivity contribution in [3.63, 3.8) is 0 Å². The highest BCUT2D eigenvalue weighted by atomic mass is 16.1. The van der Waals surface area contributed by atoms with E-state index in [9.17, 15) is 4.79 Å². The van der Waals surface area contributed by atoms with Gasteiger partial charge in [0.1, 0.15) is 6.54 Å². The summed E-state index contributed by atoms with van der Waals surface area (Å²) in [6.45, 7) is 4.31. The molecule has 0 aliphatic rings. The van der Waals surface area contributed by atoms with Crippen molar-refractivity contribution in [2.24, 2.45) is 4.99 Å². The largest absolute Gasteiger partial charge is 0.358 e. The van der Waals surface area contributed by atoms with Gasteiger partial charge in [-0.2, -0.15) is 0 Å². The van der Waals surface area contributed by atoms with Crippen LogP contribution in [0.2, 0.25) is 0 Å². The third-order valence-corrected chi connectivity index (χ3v) is 1.38. The van der Waals surface area contributed by atoms with Gasteiger partial charge in [0.2, 0.25) is 5.91 Å². The van der Waals surface area contributed by atoms with E-state index in [0.29, 0.717) is 0 Å². The number of nitrogens with one attached hydrogen (secondary N) is 1. The molecule has 0 unspecified atom stereocenters. The highest BCUT2D eigenvalue weighted by molar-refractivity contribution is 5.85. The summed E-state index contributed by atoms with van der Waals surface area (Å²) in [6.07, 6.45) is 2.07. The molecule has 3 heteroatoms. The molecule has 64 valence electrons. The van der Waals surface area contributed by atoms with Crippen molar-refractivity contribution < 1.29 is 4.79 Å². The minimum Gasteiger partial charge on any atom is -0.358 e. The van der Waals surface area contributed by atoms with Gasteiger partial charge >= 0.3 is 0 Å². The summed E-state index contributed by atoms with van der Waals surface area (Å²) in [7, 11) is 1.62. The average molecular weight is 156 g/mol. The predicted molar refractivity (Wildman–Crippen MR) is 47.0 cm³/mol. The second-order valence-electron chi connectivity index (χ2n) is 2.47. The van der Waals surface area contributed by atoms with E-state index >= 15 is 0 Å². The first-order valence-electron chi connectivity index (χ1n) is 3.91. The van der Waals surface area contributed by atoms with E-state index < -0.39 is 0 Å². The van der Waals surface area contributed by atoms with Crippen LogP contribution in [0.15, 0.2) is 4.99 Å². The number of likely N-dealkylation sites (N-methyl/N-ethyl adjacent to an activating group) is 1. The predicted octanol–water partition coefficient (Wildman–Crippen LogP) is 0.993. The van der Waals surface area contributed by atoms with Crippen molar-refractivity contribution in [1.82, 2.24) is 5.32 Å². The number of nitrogens with zero attached hydrogens (tertiary/aromatic N) is 1. The summed E-state index contributed by atoms with van der Waals surface area (Å²) in [5.74, 6) is -0.0274. The molecule has 0 atom stereocenters. The van der Waals surface area contributed by atoms with Gasteiger partial charge in [0, 0.05) is 12.8 Å². The molecular formula is C8H16N2O. The fourth-order valence-electron chi connectivity index (χ4n) is 0.727. The molecule has 3 nitrogen and oxygen atoms in total. The lowest BCUT2D eigenvalue weighted by molar-refractivity contribution is -0.119. The highest BCUT2D eigenvalue weighted by Gasteiger charge is 1.94. The van der Waals surface area contributed by atoms with Crippen LogP contribution in [0.1, 0.15) is 26.7 Å². The highest BCUT2D eigenvalue weighted by Crippen LogP contribution is 1.90. The van der Waals surface area contributed by atoms with Crippen LogP contribution in [0.4, 0.5) is 0 Å². The zero-order valence-electron chi connectivity index (χ0n) is 7.48. The van der Waals surface area contributed by atoms with Crippen LogP contribution in [-0.2, 0) is 4.79 Å². The van der Waals surface area contributed by atoms with E-state index in [1.165, 1.54) is 0 Å². The number of aliphatic imine (C=N–C) groups is 1. The summed E-state index contributed by atoms with van der Waals surface area (Å²) >= 11 is 0. The third kappa shape index (κ3) is 5.58. The average Bonchev–Trinajstić information content (AvgIpc) is 2.01. The lowest BCUT2D eigenvalue weighted by Crippen LogP contribution is -2.21. The zero-order chi connectivity index (χ0) is 8.69. The van der Waals surface area contributed by atoms with Crippen molar-refractivity contribution in [3.05, 3.63) is 0 Å². The smallest absolute Gasteiger partial charge is 0.241 e. The van der Waals surface area contributed by atoms with Crippen LogP contribution in [0, 0.1) is 0 Å². The normalized spacial score (nSPS) is 11.4. The Morgan fingerprint density at radius 1 is 1.55 bits per heavy atom. The van der Waals surface area contributed by atoms with Crippen LogP contribution in [0.25, 0.3) is 0 Å². The third-order valence-electron chi connectivity index (χ3n) is 1.38. The van der Waals surface area contributed by atoms with Gasteiger partial charge in [-0.3, -0.25) is 9.79 Å². The van der Waals surface area contributed by atoms with Crippen LogP contribution in [0.5, 0.6) is 0 Å². The number of amides is 1. The zero-order valence-corrected chi connectivity index (χ0v) is 7.48. The molecule has 11 heavy (non-hydrogen) atoms. The summed E-state index contributed by atoms with van der Waals surface area (Å²) in [6, 6.07) is 0. The molecule has 0 spiro atoms. The minimum atomic E-state index is -0.0274. The second-order valence-corrected chi connectivity index (χ2v) is 2.47. The molecule has 0 aromatic carbocycles. The van der Waals surface area contributed by atoms with Gasteiger partial charge in [-0.25, -0.2) is 0 Å². The first-order chi connectivity index (χ1) is 5.20. The van der Waals surface area contributed by atoms with E-state index in [4.69, 9.17) is 0 Å². The van der Waals surface area contributed by atoms with E-state index in [1.54, 1.807) is 7.05 Å². The van der Waals surface area contributed by atoms with E-state index in [-0.39, 0.29) is 12.5 Å². The molecule has 0 aliphatic heterocycles. The lowest BCUT2D eigenvalue weighted by Gasteiger charge is -1.97. The van der Waals surface area contributed by atoms with Gasteiger partial charge in [0.15, 0.2) is 0 Å². The summed E-state index contributed by atoms with van der Waals surface area (Å²) in [5, 5.41) is 2.52. The number of rotatable bonds is 4. The lowest BCUT2D eigenvalue weighted by atomic mass is 10.2. The molecule has 0 fully saturated rings. The second kappa shape index (κ2) is 5.89. The Morgan fingerprint density at radius 2 is 2.18 bits per heavy atom. The monoisotopic (exact) mass is 156 g/mol. The number of carbonyl (C=O) groups excluding carboxylic acids is 1. The molecule has 1 N–H and O–H groups in total. The van der Waals surface area contributed by atoms with Gasteiger partial charge in [-0.1, -0.05) is 13.3 Å². The first-order valence-corrected chi connectivity index (χ1v) is 3.91. The summed E-state index contributed by atoms with van der Waals surface area (Å²) < 4.78 is 0. The van der Waals surface area contributed by atoms with E-state index in [0.717, 1.165) is 18.6 Å². The maximum absolute atomic E-state index is 10.7. The minimum absolute atomic E-state index is 0.0274. The van der Waals surface area contributed by atoms with Gasteiger partial charge < -0.3 is 5.32 Å². The Hall–Kier alpha value is -0.860. The van der Waals surface area contributed by atoms with Crippen molar-refractivity contribution >= 4 is 11.6 Å². The Morgan fingerprint density at radius 3 is 2.64 bits per heavy atom. The molecule has 0 heterocycles. The SMILES string of the molecule is CCC/C(C)=N/CC(=O)NC. The quantitative estimate of drug-likeness (QED) is 0.606. The summed E-state index contributed by atoms with van der Waals surface area (Å²) in [4.78, 5) is 14.8. The molecule has 0 rings (SSSR count). The Labute approximate surface area is 67.9 Å². The Balaban J connectivity index is 3.63. The number of carbonyl (C=O) groups is 1. The summed E-state index contributed by atoms with van der Waals surface area (Å²) in [5.41, 5.74) is 1.05. The molecular weight excluding hydrogens is 140 g/mol. The maximum Gasteiger partial charge on any atom is 0.241 e. The molecule has 0 bridgehead atoms. The molecule has 0 aromatic rings. The molecule has 0 saturated heterocycles. The maximum atomic E-state index is 10.7. The van der Waals surface area contributed by atoms with Crippen LogP contribution in [0.3, 0.4) is 0 Å². The molecule has 1 amide bonds.